The lowest BCUT2D eigenvalue weighted by atomic mass is 10.00. The highest BCUT2D eigenvalue weighted by Gasteiger charge is 2.26. The van der Waals surface area contributed by atoms with E-state index >= 15 is 0 Å². The fourth-order valence-electron chi connectivity index (χ4n) is 10.7. The monoisotopic (exact) mass is 943 g/mol. The fraction of sp³-hybridized carbons (Fsp3) is 0.101. The van der Waals surface area contributed by atoms with Gasteiger partial charge in [-0.05, 0) is 154 Å². The molecule has 0 aliphatic rings. The van der Waals surface area contributed by atoms with Crippen molar-refractivity contribution < 1.29 is 4.42 Å². The molecule has 0 aliphatic carbocycles. The summed E-state index contributed by atoms with van der Waals surface area (Å²) in [5, 5.41) is 4.52. The van der Waals surface area contributed by atoms with Gasteiger partial charge in [-0.2, -0.15) is 0 Å². The second-order valence-electron chi connectivity index (χ2n) is 19.9. The van der Waals surface area contributed by atoms with E-state index in [4.69, 9.17) is 4.42 Å². The van der Waals surface area contributed by atoms with Gasteiger partial charge in [-0.15, -0.1) is 0 Å². The first kappa shape index (κ1) is 45.3. The molecule has 3 heterocycles. The summed E-state index contributed by atoms with van der Waals surface area (Å²) >= 11 is 0. The molecular formula is C69H57N3O. The van der Waals surface area contributed by atoms with Gasteiger partial charge >= 0.3 is 0 Å². The summed E-state index contributed by atoms with van der Waals surface area (Å²) in [4.78, 5) is 4.67. The molecule has 0 unspecified atom stereocenters. The SMILES string of the molecule is C=C/C(=C\C=C(/C)c1ccccc1)N(c1ccc(C(C)C)cc1)c1ccc2c(c1)oc1c3cc(-c4ccccc4)cc4c5cc(N(c6ccc(-c7ccccc7)cc6)c6ccc(C(C)C)cc6)ccc5n(c43)c21. The molecule has 4 nitrogen and oxygen atoms in total. The maximum atomic E-state index is 7.16. The van der Waals surface area contributed by atoms with Crippen molar-refractivity contribution in [3.05, 3.63) is 260 Å². The van der Waals surface area contributed by atoms with Crippen LogP contribution in [0, 0.1) is 0 Å². The van der Waals surface area contributed by atoms with Crippen molar-refractivity contribution in [2.24, 2.45) is 0 Å². The topological polar surface area (TPSA) is 24.0 Å². The lowest BCUT2D eigenvalue weighted by molar-refractivity contribution is 0.673. The van der Waals surface area contributed by atoms with Gasteiger partial charge in [0.25, 0.3) is 0 Å². The van der Waals surface area contributed by atoms with E-state index in [2.05, 4.69) is 280 Å². The zero-order chi connectivity index (χ0) is 49.7. The number of fused-ring (bicyclic) bond motifs is 8. The number of benzene rings is 9. The minimum Gasteiger partial charge on any atom is -0.454 e. The summed E-state index contributed by atoms with van der Waals surface area (Å²) in [7, 11) is 0. The highest BCUT2D eigenvalue weighted by atomic mass is 16.3. The number of hydrogen-bond acceptors (Lipinski definition) is 3. The lowest BCUT2D eigenvalue weighted by Crippen LogP contribution is -2.15. The van der Waals surface area contributed by atoms with Gasteiger partial charge < -0.3 is 18.6 Å². The molecule has 354 valence electrons. The maximum Gasteiger partial charge on any atom is 0.161 e. The number of nitrogens with zero attached hydrogens (tertiary/aromatic N) is 3. The molecule has 0 N–H and O–H groups in total. The Morgan fingerprint density at radius 2 is 1.00 bits per heavy atom. The van der Waals surface area contributed by atoms with Crippen LogP contribution >= 0.6 is 0 Å². The van der Waals surface area contributed by atoms with Crippen LogP contribution < -0.4 is 9.80 Å². The van der Waals surface area contributed by atoms with E-state index in [9.17, 15) is 0 Å². The van der Waals surface area contributed by atoms with Crippen LogP contribution in [-0.2, 0) is 0 Å². The van der Waals surface area contributed by atoms with Crippen LogP contribution in [0.4, 0.5) is 28.4 Å². The third-order valence-corrected chi connectivity index (χ3v) is 14.7. The van der Waals surface area contributed by atoms with Crippen LogP contribution in [0.1, 0.15) is 63.1 Å². The average molecular weight is 944 g/mol. The molecule has 9 aromatic carbocycles. The summed E-state index contributed by atoms with van der Waals surface area (Å²) < 4.78 is 9.61. The van der Waals surface area contributed by atoms with Crippen molar-refractivity contribution in [2.75, 3.05) is 9.80 Å². The van der Waals surface area contributed by atoms with Crippen LogP contribution in [-0.4, -0.2) is 4.40 Å². The molecule has 0 radical (unpaired) electrons. The van der Waals surface area contributed by atoms with E-state index in [0.29, 0.717) is 11.8 Å². The first-order valence-corrected chi connectivity index (χ1v) is 25.5. The Morgan fingerprint density at radius 3 is 1.62 bits per heavy atom. The minimum atomic E-state index is 0.418. The summed E-state index contributed by atoms with van der Waals surface area (Å²) in [6.45, 7) is 15.5. The van der Waals surface area contributed by atoms with E-state index in [0.717, 1.165) is 83.7 Å². The third kappa shape index (κ3) is 8.15. The van der Waals surface area contributed by atoms with Crippen LogP contribution in [0.2, 0.25) is 0 Å². The molecule has 4 heteroatoms. The van der Waals surface area contributed by atoms with Crippen LogP contribution in [0.25, 0.3) is 77.1 Å². The Morgan fingerprint density at radius 1 is 0.466 bits per heavy atom. The molecule has 0 saturated heterocycles. The van der Waals surface area contributed by atoms with Crippen molar-refractivity contribution >= 4 is 83.3 Å². The average Bonchev–Trinajstić information content (AvgIpc) is 4.09. The van der Waals surface area contributed by atoms with Gasteiger partial charge in [-0.3, -0.25) is 0 Å². The number of allylic oxidation sites excluding steroid dienone is 4. The first-order chi connectivity index (χ1) is 35.7. The molecule has 3 aromatic heterocycles. The second-order valence-corrected chi connectivity index (χ2v) is 19.9. The zero-order valence-electron chi connectivity index (χ0n) is 42.1. The van der Waals surface area contributed by atoms with Crippen molar-refractivity contribution in [2.45, 2.75) is 46.5 Å². The maximum absolute atomic E-state index is 7.16. The summed E-state index contributed by atoms with van der Waals surface area (Å²) in [6.07, 6.45) is 6.29. The Balaban J connectivity index is 1.05. The zero-order valence-corrected chi connectivity index (χ0v) is 42.1. The highest BCUT2D eigenvalue weighted by Crippen LogP contribution is 2.48. The lowest BCUT2D eigenvalue weighted by Gasteiger charge is -2.26. The number of rotatable bonds is 13. The predicted molar refractivity (Wildman–Crippen MR) is 312 cm³/mol. The number of aromatic nitrogens is 1. The van der Waals surface area contributed by atoms with E-state index in [-0.39, 0.29) is 0 Å². The largest absolute Gasteiger partial charge is 0.454 e. The highest BCUT2D eigenvalue weighted by molar-refractivity contribution is 6.27. The molecule has 73 heavy (non-hydrogen) atoms. The van der Waals surface area contributed by atoms with Gasteiger partial charge in [-0.25, -0.2) is 0 Å². The van der Waals surface area contributed by atoms with Crippen molar-refractivity contribution in [1.29, 1.82) is 0 Å². The van der Waals surface area contributed by atoms with Gasteiger partial charge in [0.05, 0.1) is 11.0 Å². The standard InChI is InChI=1S/C69H57N3O/c1-7-55(30-23-47(6)50-17-11-8-12-18-50)70(56-31-24-48(25-32-56)45(2)3)60-37-39-61-66(44-60)73-69-64-42-54(52-21-15-10-16-22-52)41-63-62-43-59(38-40-65(62)72(67(63)64)68(61)69)71(57-33-26-49(27-34-57)46(4)5)58-35-28-53(29-36-58)51-19-13-9-14-20-51/h7-46H,1H2,2-6H3/b47-23+,55-30+. The molecule has 12 aromatic rings. The van der Waals surface area contributed by atoms with Crippen LogP contribution in [0.5, 0.6) is 0 Å². The van der Waals surface area contributed by atoms with Gasteiger partial charge in [-0.1, -0.05) is 168 Å². The minimum absolute atomic E-state index is 0.418. The number of anilines is 5. The van der Waals surface area contributed by atoms with Gasteiger partial charge in [0.15, 0.2) is 5.58 Å². The molecule has 0 fully saturated rings. The predicted octanol–water partition coefficient (Wildman–Crippen LogP) is 19.9. The Hall–Kier alpha value is -8.86. The van der Waals surface area contributed by atoms with Crippen molar-refractivity contribution in [3.8, 4) is 22.3 Å². The fourth-order valence-corrected chi connectivity index (χ4v) is 10.7. The van der Waals surface area contributed by atoms with E-state index in [1.165, 1.54) is 44.2 Å². The van der Waals surface area contributed by atoms with E-state index < -0.39 is 0 Å². The van der Waals surface area contributed by atoms with Crippen LogP contribution in [0.15, 0.2) is 247 Å². The molecule has 0 saturated carbocycles. The molecule has 12 rings (SSSR count). The first-order valence-electron chi connectivity index (χ1n) is 25.5. The van der Waals surface area contributed by atoms with E-state index in [1.54, 1.807) is 0 Å². The summed E-state index contributed by atoms with van der Waals surface area (Å²) in [5.41, 5.74) is 21.0. The Kier molecular flexibility index (Phi) is 11.6. The normalized spacial score (nSPS) is 12.4. The van der Waals surface area contributed by atoms with Gasteiger partial charge in [0.1, 0.15) is 11.1 Å². The Labute approximate surface area is 428 Å². The van der Waals surface area contributed by atoms with Crippen molar-refractivity contribution in [1.82, 2.24) is 4.40 Å². The quantitative estimate of drug-likeness (QED) is 0.108. The summed E-state index contributed by atoms with van der Waals surface area (Å²) in [6, 6.07) is 77.1. The second kappa shape index (κ2) is 18.7. The van der Waals surface area contributed by atoms with E-state index in [1.807, 2.05) is 6.08 Å². The van der Waals surface area contributed by atoms with Gasteiger partial charge in [0, 0.05) is 61.7 Å². The third-order valence-electron chi connectivity index (χ3n) is 14.7. The number of furan rings is 1. The van der Waals surface area contributed by atoms with Gasteiger partial charge in [0.2, 0.25) is 0 Å². The number of hydrogen-bond donors (Lipinski definition) is 0. The van der Waals surface area contributed by atoms with Crippen LogP contribution in [0.3, 0.4) is 0 Å². The summed E-state index contributed by atoms with van der Waals surface area (Å²) in [5.74, 6) is 0.852. The molecule has 0 spiro atoms. The molecular weight excluding hydrogens is 887 g/mol. The molecule has 0 aliphatic heterocycles. The molecule has 0 bridgehead atoms. The molecule has 0 atom stereocenters. The Bertz CT molecular complexity index is 4010. The van der Waals surface area contributed by atoms with Crippen molar-refractivity contribution in [3.63, 3.8) is 0 Å². The smallest absolute Gasteiger partial charge is 0.161 e. The molecule has 0 amide bonds.